The van der Waals surface area contributed by atoms with Crippen LogP contribution in [0.4, 0.5) is 0 Å². The Labute approximate surface area is 209 Å². The summed E-state index contributed by atoms with van der Waals surface area (Å²) in [5.74, 6) is 0.830. The Morgan fingerprint density at radius 2 is 1.18 bits per heavy atom. The molecule has 0 aliphatic rings. The van der Waals surface area contributed by atoms with E-state index in [1.54, 1.807) is 7.11 Å². The second-order valence-corrected chi connectivity index (χ2v) is 15.1. The van der Waals surface area contributed by atoms with Crippen molar-refractivity contribution in [2.75, 3.05) is 7.11 Å². The van der Waals surface area contributed by atoms with E-state index in [1.165, 1.54) is 0 Å². The Kier molecular flexibility index (Phi) is 7.77. The second kappa shape index (κ2) is 10.8. The van der Waals surface area contributed by atoms with E-state index in [-0.39, 0.29) is 0 Å². The predicted octanol–water partition coefficient (Wildman–Crippen LogP) is 7.90. The van der Waals surface area contributed by atoms with Gasteiger partial charge in [0.1, 0.15) is 5.75 Å². The second-order valence-electron chi connectivity index (χ2n) is 7.20. The van der Waals surface area contributed by atoms with Crippen molar-refractivity contribution in [2.24, 2.45) is 0 Å². The van der Waals surface area contributed by atoms with Crippen molar-refractivity contribution in [3.63, 3.8) is 0 Å². The van der Waals surface area contributed by atoms with Crippen LogP contribution in [0, 0.1) is 6.92 Å². The zero-order chi connectivity index (χ0) is 23.4. The Bertz CT molecular complexity index is 1390. The summed E-state index contributed by atoms with van der Waals surface area (Å²) in [6.45, 7) is 2.03. The van der Waals surface area contributed by atoms with Crippen molar-refractivity contribution in [2.45, 2.75) is 6.92 Å². The van der Waals surface area contributed by atoms with Gasteiger partial charge >= 0.3 is 42.1 Å². The summed E-state index contributed by atoms with van der Waals surface area (Å²) in [4.78, 5) is 14.4. The first-order valence-corrected chi connectivity index (χ1v) is 16.6. The van der Waals surface area contributed by atoms with Crippen LogP contribution in [0.5, 0.6) is 5.75 Å². The van der Waals surface area contributed by atoms with Crippen LogP contribution < -0.4 is 4.74 Å². The summed E-state index contributed by atoms with van der Waals surface area (Å²) in [5.41, 5.74) is 6.57. The molecule has 3 aromatic heterocycles. The molecular weight excluding hydrogens is 566 g/mol. The quantitative estimate of drug-likeness (QED) is 0.160. The fourth-order valence-corrected chi connectivity index (χ4v) is 3.45. The molecule has 0 atom stereocenters. The zero-order valence-corrected chi connectivity index (χ0v) is 21.7. The number of benzene rings is 2. The number of fused-ring (bicyclic) bond motifs is 3. The van der Waals surface area contributed by atoms with E-state index in [0.717, 1.165) is 55.8 Å². The first-order chi connectivity index (χ1) is 15.9. The third kappa shape index (κ3) is 5.80. The van der Waals surface area contributed by atoms with E-state index in [0.29, 0.717) is 0 Å². The molecule has 33 heavy (non-hydrogen) atoms. The molecule has 8 heteroatoms. The Hall–Kier alpha value is -2.30. The Morgan fingerprint density at radius 1 is 0.667 bits per heavy atom. The number of methoxy groups -OCH3 is 1. The number of rotatable bonds is 3. The van der Waals surface area contributed by atoms with Gasteiger partial charge in [-0.25, -0.2) is 9.97 Å². The van der Waals surface area contributed by atoms with Crippen molar-refractivity contribution in [3.8, 4) is 28.4 Å². The molecule has 5 rings (SSSR count). The maximum absolute atomic E-state index is 5.26. The maximum atomic E-state index is 5.26. The van der Waals surface area contributed by atoms with Crippen LogP contribution in [-0.2, 0) is 13.0 Å². The van der Waals surface area contributed by atoms with Gasteiger partial charge in [0.15, 0.2) is 0 Å². The molecule has 0 aliphatic heterocycles. The molecule has 0 amide bonds. The van der Waals surface area contributed by atoms with E-state index < -0.39 is 13.0 Å². The number of hydrogen-bond donors (Lipinski definition) is 0. The molecule has 0 bridgehead atoms. The van der Waals surface area contributed by atoms with Gasteiger partial charge in [0.05, 0.1) is 35.2 Å². The van der Waals surface area contributed by atoms with Gasteiger partial charge in [-0.05, 0) is 55.0 Å². The first-order valence-electron chi connectivity index (χ1n) is 9.89. The van der Waals surface area contributed by atoms with Crippen LogP contribution in [0.3, 0.4) is 0 Å². The van der Waals surface area contributed by atoms with Crippen LogP contribution in [0.2, 0.25) is 0 Å². The summed E-state index contributed by atoms with van der Waals surface area (Å²) in [5, 5.41) is 2.13. The van der Waals surface area contributed by atoms with Gasteiger partial charge in [0.25, 0.3) is 0 Å². The normalized spacial score (nSPS) is 11.1. The molecule has 0 N–H and O–H groups in total. The summed E-state index contributed by atoms with van der Waals surface area (Å²) < 4.78 is 5.26. The molecule has 0 fully saturated rings. The van der Waals surface area contributed by atoms with Crippen LogP contribution in [0.1, 0.15) is 5.56 Å². The molecule has 0 spiro atoms. The van der Waals surface area contributed by atoms with Gasteiger partial charge in [0.2, 0.25) is 0 Å². The van der Waals surface area contributed by atoms with Crippen molar-refractivity contribution < 1.29 is 17.7 Å². The van der Waals surface area contributed by atoms with Crippen molar-refractivity contribution in [3.05, 3.63) is 84.6 Å². The van der Waals surface area contributed by atoms with Crippen molar-refractivity contribution in [1.82, 2.24) is 15.0 Å². The van der Waals surface area contributed by atoms with Gasteiger partial charge < -0.3 is 4.74 Å². The topological polar surface area (TPSA) is 47.9 Å². The van der Waals surface area contributed by atoms with Crippen LogP contribution >= 0.6 is 29.1 Å². The molecule has 0 saturated carbocycles. The molecule has 0 aliphatic carbocycles. The number of halogens is 3. The average Bonchev–Trinajstić information content (AvgIpc) is 2.83. The molecular formula is C25H19Cl3N3ORu. The standard InChI is InChI=1S/C25H19N3O.3ClH.Ru/c1-16-3-12-22(26-15-16)23-14-9-19-5-4-18-8-13-21(27-24(18)25(19)28-23)17-6-10-20(29-2)11-7-17;;;;/h3-15H,1-2H3;3*1H;/q;;;;+3/p-3. The van der Waals surface area contributed by atoms with E-state index in [4.69, 9.17) is 43.8 Å². The molecule has 5 aromatic rings. The average molecular weight is 585 g/mol. The van der Waals surface area contributed by atoms with Crippen LogP contribution in [0.15, 0.2) is 79.0 Å². The Morgan fingerprint density at radius 3 is 1.73 bits per heavy atom. The van der Waals surface area contributed by atoms with Crippen molar-refractivity contribution in [1.29, 1.82) is 0 Å². The van der Waals surface area contributed by atoms with E-state index in [2.05, 4.69) is 35.3 Å². The molecule has 2 aromatic carbocycles. The van der Waals surface area contributed by atoms with Crippen LogP contribution in [-0.4, -0.2) is 22.1 Å². The van der Waals surface area contributed by atoms with E-state index >= 15 is 0 Å². The number of aromatic nitrogens is 3. The molecule has 0 saturated heterocycles. The summed E-state index contributed by atoms with van der Waals surface area (Å²) in [6.07, 6.45) is 1.87. The van der Waals surface area contributed by atoms with Gasteiger partial charge in [-0.15, -0.1) is 0 Å². The third-order valence-corrected chi connectivity index (χ3v) is 5.08. The number of hydrogen-bond acceptors (Lipinski definition) is 4. The summed E-state index contributed by atoms with van der Waals surface area (Å²) >= 11 is -1.75. The number of ether oxygens (including phenoxy) is 1. The number of aryl methyl sites for hydroxylation is 1. The summed E-state index contributed by atoms with van der Waals surface area (Å²) in [6, 6.07) is 24.4. The molecule has 0 radical (unpaired) electrons. The molecule has 4 nitrogen and oxygen atoms in total. The van der Waals surface area contributed by atoms with E-state index in [9.17, 15) is 0 Å². The fraction of sp³-hybridized carbons (Fsp3) is 0.0800. The monoisotopic (exact) mass is 584 g/mol. The van der Waals surface area contributed by atoms with Crippen molar-refractivity contribution >= 4 is 50.9 Å². The minimum atomic E-state index is -1.75. The van der Waals surface area contributed by atoms with Gasteiger partial charge in [-0.1, -0.05) is 30.3 Å². The number of nitrogens with zero attached hydrogens (tertiary/aromatic N) is 3. The molecule has 169 valence electrons. The zero-order valence-electron chi connectivity index (χ0n) is 17.7. The number of pyridine rings is 3. The minimum absolute atomic E-state index is 0.830. The third-order valence-electron chi connectivity index (χ3n) is 5.08. The molecule has 3 heterocycles. The summed E-state index contributed by atoms with van der Waals surface area (Å²) in [7, 11) is 16.5. The first kappa shape index (κ1) is 23.8. The molecule has 0 unspecified atom stereocenters. The fourth-order valence-electron chi connectivity index (χ4n) is 3.45. The van der Waals surface area contributed by atoms with E-state index in [1.807, 2.05) is 55.6 Å². The van der Waals surface area contributed by atoms with Gasteiger partial charge in [-0.2, -0.15) is 0 Å². The SMILES string of the molecule is COc1ccc(-c2ccc3ccc4ccc(-c5ccc(C)cn5)nc4c3n2)cc1.[Cl][Ru]([Cl])[Cl]. The predicted molar refractivity (Wildman–Crippen MR) is 135 cm³/mol. The van der Waals surface area contributed by atoms with Crippen LogP contribution in [0.25, 0.3) is 44.5 Å². The van der Waals surface area contributed by atoms with Gasteiger partial charge in [-0.3, -0.25) is 4.98 Å². The Balaban J connectivity index is 0.000000601. The van der Waals surface area contributed by atoms with Gasteiger partial charge in [0, 0.05) is 22.5 Å².